The molecule has 1 aromatic rings. The fourth-order valence-electron chi connectivity index (χ4n) is 0.922. The van der Waals surface area contributed by atoms with Gasteiger partial charge in [-0.3, -0.25) is 4.79 Å². The first-order valence-electron chi connectivity index (χ1n) is 4.20. The maximum Gasteiger partial charge on any atom is 0.226 e. The van der Waals surface area contributed by atoms with E-state index in [9.17, 15) is 4.79 Å². The Labute approximate surface area is 86.6 Å². The van der Waals surface area contributed by atoms with Gasteiger partial charge in [-0.25, -0.2) is 0 Å². The molecule has 0 atom stereocenters. The number of nitriles is 1. The first kappa shape index (κ1) is 10.7. The summed E-state index contributed by atoms with van der Waals surface area (Å²) in [6.45, 7) is 0.638. The summed E-state index contributed by atoms with van der Waals surface area (Å²) in [7, 11) is 1.79. The number of amides is 1. The van der Waals surface area contributed by atoms with Crippen molar-refractivity contribution in [2.45, 2.75) is 6.42 Å². The Balaban J connectivity index is 2.52. The van der Waals surface area contributed by atoms with Crippen molar-refractivity contribution in [3.05, 3.63) is 17.0 Å². The Hall–Kier alpha value is -1.38. The van der Waals surface area contributed by atoms with Crippen molar-refractivity contribution in [2.75, 3.05) is 18.9 Å². The van der Waals surface area contributed by atoms with Crippen LogP contribution in [0.2, 0.25) is 0 Å². The van der Waals surface area contributed by atoms with Gasteiger partial charge in [0.15, 0.2) is 0 Å². The van der Waals surface area contributed by atoms with Gasteiger partial charge in [0.2, 0.25) is 5.91 Å². The number of hydrogen-bond acceptors (Lipinski definition) is 4. The lowest BCUT2D eigenvalue weighted by Gasteiger charge is -2.01. The van der Waals surface area contributed by atoms with Gasteiger partial charge in [-0.1, -0.05) is 0 Å². The monoisotopic (exact) mass is 209 g/mol. The summed E-state index contributed by atoms with van der Waals surface area (Å²) in [5.74, 6) is -0.0710. The van der Waals surface area contributed by atoms with Crippen LogP contribution in [0.25, 0.3) is 0 Å². The average molecular weight is 209 g/mol. The second-order valence-corrected chi connectivity index (χ2v) is 3.59. The molecule has 1 amide bonds. The number of anilines is 1. The molecule has 0 radical (unpaired) electrons. The van der Waals surface area contributed by atoms with E-state index in [-0.39, 0.29) is 5.91 Å². The predicted molar refractivity (Wildman–Crippen MR) is 56.2 cm³/mol. The number of nitrogens with one attached hydrogen (secondary N) is 2. The molecule has 74 valence electrons. The summed E-state index contributed by atoms with van der Waals surface area (Å²) >= 11 is 1.36. The molecule has 0 saturated heterocycles. The number of hydrogen-bond donors (Lipinski definition) is 2. The van der Waals surface area contributed by atoms with Crippen LogP contribution in [0, 0.1) is 11.3 Å². The summed E-state index contributed by atoms with van der Waals surface area (Å²) in [5, 5.41) is 16.7. The molecule has 1 heterocycles. The zero-order chi connectivity index (χ0) is 10.4. The van der Waals surface area contributed by atoms with Gasteiger partial charge in [0.25, 0.3) is 0 Å². The molecule has 1 rings (SSSR count). The Bertz CT molecular complexity index is 353. The zero-order valence-electron chi connectivity index (χ0n) is 7.83. The number of carbonyl (C=O) groups excluding carboxylic acids is 1. The first-order valence-corrected chi connectivity index (χ1v) is 5.08. The Morgan fingerprint density at radius 3 is 3.14 bits per heavy atom. The summed E-state index contributed by atoms with van der Waals surface area (Å²) < 4.78 is 0. The Morgan fingerprint density at radius 2 is 2.50 bits per heavy atom. The van der Waals surface area contributed by atoms with Gasteiger partial charge in [0.05, 0.1) is 5.56 Å². The van der Waals surface area contributed by atoms with Crippen LogP contribution in [0.1, 0.15) is 12.0 Å². The molecule has 0 bridgehead atoms. The molecule has 0 aromatic carbocycles. The molecule has 0 aliphatic carbocycles. The topological polar surface area (TPSA) is 64.9 Å². The zero-order valence-corrected chi connectivity index (χ0v) is 8.65. The second-order valence-electron chi connectivity index (χ2n) is 2.68. The lowest BCUT2D eigenvalue weighted by Crippen LogP contribution is -2.18. The third-order valence-electron chi connectivity index (χ3n) is 1.64. The molecule has 1 aromatic heterocycles. The molecule has 2 N–H and O–H groups in total. The van der Waals surface area contributed by atoms with Gasteiger partial charge in [0.1, 0.15) is 11.1 Å². The SMILES string of the molecule is CNCCC(=O)Nc1sccc1C#N. The highest BCUT2D eigenvalue weighted by Gasteiger charge is 2.06. The van der Waals surface area contributed by atoms with Gasteiger partial charge in [-0.15, -0.1) is 11.3 Å². The van der Waals surface area contributed by atoms with E-state index in [0.29, 0.717) is 23.5 Å². The number of rotatable bonds is 4. The van der Waals surface area contributed by atoms with Crippen LogP contribution >= 0.6 is 11.3 Å². The summed E-state index contributed by atoms with van der Waals surface area (Å²) in [6.07, 6.45) is 0.416. The molecule has 5 heteroatoms. The van der Waals surface area contributed by atoms with Crippen LogP contribution in [0.15, 0.2) is 11.4 Å². The van der Waals surface area contributed by atoms with Crippen molar-refractivity contribution < 1.29 is 4.79 Å². The minimum Gasteiger partial charge on any atom is -0.319 e. The van der Waals surface area contributed by atoms with E-state index in [1.54, 1.807) is 18.5 Å². The van der Waals surface area contributed by atoms with E-state index in [0.717, 1.165) is 0 Å². The molecular weight excluding hydrogens is 198 g/mol. The maximum absolute atomic E-state index is 11.3. The summed E-state index contributed by atoms with van der Waals surface area (Å²) in [6, 6.07) is 3.71. The lowest BCUT2D eigenvalue weighted by atomic mass is 10.3. The molecule has 0 unspecified atom stereocenters. The van der Waals surface area contributed by atoms with Crippen LogP contribution in [0.5, 0.6) is 0 Å². The molecule has 0 fully saturated rings. The van der Waals surface area contributed by atoms with Crippen LogP contribution < -0.4 is 10.6 Å². The smallest absolute Gasteiger partial charge is 0.226 e. The van der Waals surface area contributed by atoms with Gasteiger partial charge in [-0.2, -0.15) is 5.26 Å². The largest absolute Gasteiger partial charge is 0.319 e. The standard InChI is InChI=1S/C9H11N3OS/c1-11-4-2-8(13)12-9-7(6-10)3-5-14-9/h3,5,11H,2,4H2,1H3,(H,12,13). The van der Waals surface area contributed by atoms with E-state index in [2.05, 4.69) is 10.6 Å². The number of nitrogens with zero attached hydrogens (tertiary/aromatic N) is 1. The molecule has 0 spiro atoms. The van der Waals surface area contributed by atoms with E-state index in [4.69, 9.17) is 5.26 Å². The molecule has 14 heavy (non-hydrogen) atoms. The number of carbonyl (C=O) groups is 1. The molecular formula is C9H11N3OS. The van der Waals surface area contributed by atoms with Crippen molar-refractivity contribution in [1.29, 1.82) is 5.26 Å². The third kappa shape index (κ3) is 2.83. The fraction of sp³-hybridized carbons (Fsp3) is 0.333. The quantitative estimate of drug-likeness (QED) is 0.782. The normalized spacial score (nSPS) is 9.43. The van der Waals surface area contributed by atoms with Crippen molar-refractivity contribution in [2.24, 2.45) is 0 Å². The molecule has 0 aliphatic rings. The molecule has 4 nitrogen and oxygen atoms in total. The average Bonchev–Trinajstić information content (AvgIpc) is 2.62. The van der Waals surface area contributed by atoms with Crippen LogP contribution in [0.3, 0.4) is 0 Å². The van der Waals surface area contributed by atoms with Crippen molar-refractivity contribution >= 4 is 22.2 Å². The second kappa shape index (κ2) is 5.37. The van der Waals surface area contributed by atoms with Gasteiger partial charge >= 0.3 is 0 Å². The van der Waals surface area contributed by atoms with Gasteiger partial charge in [0, 0.05) is 13.0 Å². The van der Waals surface area contributed by atoms with Gasteiger partial charge < -0.3 is 10.6 Å². The minimum atomic E-state index is -0.0710. The summed E-state index contributed by atoms with van der Waals surface area (Å²) in [5.41, 5.74) is 0.521. The third-order valence-corrected chi connectivity index (χ3v) is 2.47. The highest BCUT2D eigenvalue weighted by Crippen LogP contribution is 2.21. The van der Waals surface area contributed by atoms with Crippen molar-refractivity contribution in [3.8, 4) is 6.07 Å². The maximum atomic E-state index is 11.3. The first-order chi connectivity index (χ1) is 6.77. The van der Waals surface area contributed by atoms with E-state index < -0.39 is 0 Å². The molecule has 0 saturated carbocycles. The number of thiophene rings is 1. The minimum absolute atomic E-state index is 0.0710. The van der Waals surface area contributed by atoms with E-state index in [1.807, 2.05) is 6.07 Å². The lowest BCUT2D eigenvalue weighted by molar-refractivity contribution is -0.116. The highest BCUT2D eigenvalue weighted by molar-refractivity contribution is 7.14. The van der Waals surface area contributed by atoms with Crippen LogP contribution in [0.4, 0.5) is 5.00 Å². The van der Waals surface area contributed by atoms with Crippen LogP contribution in [-0.4, -0.2) is 19.5 Å². The molecule has 0 aliphatic heterocycles. The predicted octanol–water partition coefficient (Wildman–Crippen LogP) is 1.17. The Kier molecular flexibility index (Phi) is 4.11. The Morgan fingerprint density at radius 1 is 1.71 bits per heavy atom. The van der Waals surface area contributed by atoms with Crippen molar-refractivity contribution in [3.63, 3.8) is 0 Å². The van der Waals surface area contributed by atoms with Gasteiger partial charge in [-0.05, 0) is 18.5 Å². The van der Waals surface area contributed by atoms with E-state index >= 15 is 0 Å². The fourth-order valence-corrected chi connectivity index (χ4v) is 1.68. The van der Waals surface area contributed by atoms with Crippen LogP contribution in [-0.2, 0) is 4.79 Å². The van der Waals surface area contributed by atoms with E-state index in [1.165, 1.54) is 11.3 Å². The highest BCUT2D eigenvalue weighted by atomic mass is 32.1. The van der Waals surface area contributed by atoms with Crippen molar-refractivity contribution in [1.82, 2.24) is 5.32 Å². The summed E-state index contributed by atoms with van der Waals surface area (Å²) in [4.78, 5) is 11.3.